The van der Waals surface area contributed by atoms with E-state index in [4.69, 9.17) is 0 Å². The fourth-order valence-electron chi connectivity index (χ4n) is 1.03. The molecule has 0 atom stereocenters. The van der Waals surface area contributed by atoms with E-state index in [1.165, 1.54) is 14.2 Å². The highest BCUT2D eigenvalue weighted by molar-refractivity contribution is 5.90. The van der Waals surface area contributed by atoms with E-state index in [0.29, 0.717) is 0 Å². The number of hydrogen-bond acceptors (Lipinski definition) is 2. The smallest absolute Gasteiger partial charge is 0.269 e. The summed E-state index contributed by atoms with van der Waals surface area (Å²) < 4.78 is 38.3. The molecule has 0 radical (unpaired) electrons. The molecular weight excluding hydrogens is 235 g/mol. The number of rotatable bonds is 3. The molecule has 0 aliphatic heterocycles. The van der Waals surface area contributed by atoms with Gasteiger partial charge in [0.1, 0.15) is 0 Å². The van der Waals surface area contributed by atoms with Crippen LogP contribution in [0.2, 0.25) is 0 Å². The van der Waals surface area contributed by atoms with Crippen molar-refractivity contribution in [2.24, 2.45) is 0 Å². The zero-order valence-corrected chi connectivity index (χ0v) is 9.21. The van der Waals surface area contributed by atoms with Gasteiger partial charge in [0.2, 0.25) is 0 Å². The van der Waals surface area contributed by atoms with E-state index >= 15 is 0 Å². The van der Waals surface area contributed by atoms with Gasteiger partial charge in [-0.05, 0) is 23.8 Å². The van der Waals surface area contributed by atoms with Gasteiger partial charge in [-0.25, -0.2) is 18.2 Å². The van der Waals surface area contributed by atoms with E-state index in [1.54, 1.807) is 0 Å². The number of halogens is 3. The monoisotopic (exact) mass is 245 g/mol. The Morgan fingerprint density at radius 1 is 1.29 bits per heavy atom. The molecule has 0 aliphatic carbocycles. The van der Waals surface area contributed by atoms with Gasteiger partial charge in [-0.2, -0.15) is 0 Å². The summed E-state index contributed by atoms with van der Waals surface area (Å²) in [5, 5.41) is 0.923. The lowest BCUT2D eigenvalue weighted by atomic mass is 10.2. The molecule has 6 heteroatoms. The first-order valence-corrected chi connectivity index (χ1v) is 4.60. The number of amides is 1. The lowest BCUT2D eigenvalue weighted by Gasteiger charge is -2.09. The van der Waals surface area contributed by atoms with Crippen LogP contribution >= 0.6 is 0 Å². The van der Waals surface area contributed by atoms with Gasteiger partial charge in [0.15, 0.2) is 17.5 Å². The van der Waals surface area contributed by atoms with Gasteiger partial charge < -0.3 is 0 Å². The largest absolute Gasteiger partial charge is 0.274 e. The summed E-state index contributed by atoms with van der Waals surface area (Å²) in [6.45, 7) is 0. The van der Waals surface area contributed by atoms with Crippen LogP contribution < -0.4 is 0 Å². The average Bonchev–Trinajstić information content (AvgIpc) is 2.31. The molecule has 1 amide bonds. The zero-order chi connectivity index (χ0) is 13.0. The third kappa shape index (κ3) is 3.32. The molecule has 0 aromatic heterocycles. The maximum atomic E-state index is 12.8. The first-order chi connectivity index (χ1) is 7.95. The fourth-order valence-corrected chi connectivity index (χ4v) is 1.03. The number of nitrogens with zero attached hydrogens (tertiary/aromatic N) is 1. The highest BCUT2D eigenvalue weighted by atomic mass is 19.2. The molecular formula is C11H10F3NO2. The molecule has 0 spiro atoms. The van der Waals surface area contributed by atoms with E-state index in [0.717, 1.165) is 29.3 Å². The number of benzene rings is 1. The van der Waals surface area contributed by atoms with E-state index < -0.39 is 23.4 Å². The Bertz CT molecular complexity index is 437. The molecule has 0 aliphatic rings. The zero-order valence-electron chi connectivity index (χ0n) is 9.21. The van der Waals surface area contributed by atoms with Gasteiger partial charge in [0, 0.05) is 13.1 Å². The lowest BCUT2D eigenvalue weighted by Crippen LogP contribution is -2.22. The van der Waals surface area contributed by atoms with Crippen LogP contribution in [-0.4, -0.2) is 25.1 Å². The van der Waals surface area contributed by atoms with Crippen LogP contribution in [0.15, 0.2) is 18.2 Å². The number of hydroxylamine groups is 2. The second kappa shape index (κ2) is 5.49. The van der Waals surface area contributed by atoms with Crippen LogP contribution in [0, 0.1) is 17.5 Å². The van der Waals surface area contributed by atoms with Gasteiger partial charge in [-0.1, -0.05) is 0 Å². The third-order valence-corrected chi connectivity index (χ3v) is 2.01. The van der Waals surface area contributed by atoms with Gasteiger partial charge in [0.05, 0.1) is 7.11 Å². The van der Waals surface area contributed by atoms with Gasteiger partial charge in [0.25, 0.3) is 5.91 Å². The summed E-state index contributed by atoms with van der Waals surface area (Å²) in [4.78, 5) is 15.8. The van der Waals surface area contributed by atoms with Crippen LogP contribution in [-0.2, 0) is 9.63 Å². The number of likely N-dealkylation sites (N-methyl/N-ethyl adjacent to an activating group) is 1. The van der Waals surface area contributed by atoms with Crippen molar-refractivity contribution >= 4 is 12.0 Å². The minimum Gasteiger partial charge on any atom is -0.274 e. The lowest BCUT2D eigenvalue weighted by molar-refractivity contribution is -0.162. The highest BCUT2D eigenvalue weighted by Crippen LogP contribution is 2.14. The summed E-state index contributed by atoms with van der Waals surface area (Å²) in [7, 11) is 2.67. The Labute approximate surface area is 96.1 Å². The van der Waals surface area contributed by atoms with Crippen molar-refractivity contribution in [2.75, 3.05) is 14.2 Å². The molecule has 0 bridgehead atoms. The first kappa shape index (κ1) is 13.2. The normalized spacial score (nSPS) is 10.9. The molecule has 92 valence electrons. The minimum absolute atomic E-state index is 0.0410. The summed E-state index contributed by atoms with van der Waals surface area (Å²) in [6.07, 6.45) is 2.21. The predicted octanol–water partition coefficient (Wildman–Crippen LogP) is 2.14. The van der Waals surface area contributed by atoms with E-state index in [9.17, 15) is 18.0 Å². The summed E-state index contributed by atoms with van der Waals surface area (Å²) in [6, 6.07) is 1.57. The van der Waals surface area contributed by atoms with Crippen LogP contribution in [0.25, 0.3) is 6.08 Å². The van der Waals surface area contributed by atoms with Crippen molar-refractivity contribution in [1.29, 1.82) is 0 Å². The molecule has 0 saturated carbocycles. The standard InChI is InChI=1S/C11H10F3NO2/c1-15(17-2)10(16)4-3-7-5-8(12)11(14)9(13)6-7/h3-6H,1-2H3/b4-3-. The van der Waals surface area contributed by atoms with E-state index in [2.05, 4.69) is 4.84 Å². The van der Waals surface area contributed by atoms with Crippen LogP contribution in [0.1, 0.15) is 5.56 Å². The number of carbonyl (C=O) groups is 1. The fraction of sp³-hybridized carbons (Fsp3) is 0.182. The quantitative estimate of drug-likeness (QED) is 0.464. The molecule has 0 fully saturated rings. The highest BCUT2D eigenvalue weighted by Gasteiger charge is 2.09. The topological polar surface area (TPSA) is 29.5 Å². The van der Waals surface area contributed by atoms with Crippen molar-refractivity contribution in [2.45, 2.75) is 0 Å². The molecule has 0 saturated heterocycles. The summed E-state index contributed by atoms with van der Waals surface area (Å²) in [5.41, 5.74) is 0.0410. The van der Waals surface area contributed by atoms with Crippen LogP contribution in [0.5, 0.6) is 0 Å². The molecule has 17 heavy (non-hydrogen) atoms. The molecule has 1 rings (SSSR count). The third-order valence-electron chi connectivity index (χ3n) is 2.01. The summed E-state index contributed by atoms with van der Waals surface area (Å²) >= 11 is 0. The Balaban J connectivity index is 2.89. The first-order valence-electron chi connectivity index (χ1n) is 4.60. The second-order valence-electron chi connectivity index (χ2n) is 3.15. The molecule has 1 aromatic rings. The summed E-state index contributed by atoms with van der Waals surface area (Å²) in [5.74, 6) is -4.67. The second-order valence-corrected chi connectivity index (χ2v) is 3.15. The Morgan fingerprint density at radius 2 is 1.82 bits per heavy atom. The van der Waals surface area contributed by atoms with Crippen LogP contribution in [0.4, 0.5) is 13.2 Å². The predicted molar refractivity (Wildman–Crippen MR) is 55.1 cm³/mol. The number of hydrogen-bond donors (Lipinski definition) is 0. The molecule has 0 N–H and O–H groups in total. The Kier molecular flexibility index (Phi) is 4.28. The van der Waals surface area contributed by atoms with Crippen molar-refractivity contribution in [3.05, 3.63) is 41.2 Å². The van der Waals surface area contributed by atoms with Gasteiger partial charge in [-0.15, -0.1) is 0 Å². The average molecular weight is 245 g/mol. The maximum absolute atomic E-state index is 12.8. The molecule has 0 unspecified atom stereocenters. The minimum atomic E-state index is -1.54. The van der Waals surface area contributed by atoms with Crippen molar-refractivity contribution in [3.63, 3.8) is 0 Å². The SMILES string of the molecule is CON(C)C(=O)/C=C\c1cc(F)c(F)c(F)c1. The van der Waals surface area contributed by atoms with E-state index in [1.807, 2.05) is 0 Å². The van der Waals surface area contributed by atoms with Gasteiger partial charge >= 0.3 is 0 Å². The Hall–Kier alpha value is -1.82. The van der Waals surface area contributed by atoms with Crippen molar-refractivity contribution < 1.29 is 22.8 Å². The number of carbonyl (C=O) groups excluding carboxylic acids is 1. The van der Waals surface area contributed by atoms with Crippen molar-refractivity contribution in [1.82, 2.24) is 5.06 Å². The Morgan fingerprint density at radius 3 is 2.29 bits per heavy atom. The molecule has 1 aromatic carbocycles. The molecule has 0 heterocycles. The van der Waals surface area contributed by atoms with Crippen LogP contribution in [0.3, 0.4) is 0 Å². The van der Waals surface area contributed by atoms with Gasteiger partial charge in [-0.3, -0.25) is 9.63 Å². The van der Waals surface area contributed by atoms with E-state index in [-0.39, 0.29) is 5.56 Å². The molecule has 3 nitrogen and oxygen atoms in total. The maximum Gasteiger partial charge on any atom is 0.269 e. The van der Waals surface area contributed by atoms with Crippen molar-refractivity contribution in [3.8, 4) is 0 Å².